The molecular weight excluding hydrogens is 386 g/mol. The van der Waals surface area contributed by atoms with E-state index in [9.17, 15) is 18.0 Å². The van der Waals surface area contributed by atoms with E-state index in [1.807, 2.05) is 4.72 Å². The summed E-state index contributed by atoms with van der Waals surface area (Å²) in [5, 5.41) is 2.54. The average Bonchev–Trinajstić information content (AvgIpc) is 2.66. The average molecular weight is 413 g/mol. The molecule has 3 amide bonds. The van der Waals surface area contributed by atoms with Crippen LogP contribution in [0.5, 0.6) is 5.75 Å². The predicted octanol–water partition coefficient (Wildman–Crippen LogP) is 2.34. The number of anilines is 1. The Morgan fingerprint density at radius 2 is 1.93 bits per heavy atom. The van der Waals surface area contributed by atoms with Crippen LogP contribution in [0.4, 0.5) is 10.5 Å². The minimum Gasteiger partial charge on any atom is -0.495 e. The summed E-state index contributed by atoms with van der Waals surface area (Å²) >= 11 is 0. The molecule has 10 heteroatoms. The molecule has 1 aliphatic rings. The van der Waals surface area contributed by atoms with Crippen LogP contribution in [0.1, 0.15) is 44.1 Å². The van der Waals surface area contributed by atoms with Crippen molar-refractivity contribution >= 4 is 27.9 Å². The van der Waals surface area contributed by atoms with Crippen molar-refractivity contribution in [2.45, 2.75) is 51.0 Å². The Morgan fingerprint density at radius 1 is 1.25 bits per heavy atom. The summed E-state index contributed by atoms with van der Waals surface area (Å²) in [6.07, 6.45) is 5.13. The third-order valence-corrected chi connectivity index (χ3v) is 5.25. The minimum absolute atomic E-state index is 0.0744. The molecule has 0 unspecified atom stereocenters. The van der Waals surface area contributed by atoms with Crippen LogP contribution in [0.3, 0.4) is 0 Å². The van der Waals surface area contributed by atoms with Gasteiger partial charge in [-0.25, -0.2) is 4.79 Å². The number of benzene rings is 1. The molecule has 0 aliphatic heterocycles. The van der Waals surface area contributed by atoms with E-state index in [0.717, 1.165) is 32.1 Å². The van der Waals surface area contributed by atoms with Crippen LogP contribution in [0.2, 0.25) is 0 Å². The van der Waals surface area contributed by atoms with Crippen LogP contribution in [0.25, 0.3) is 0 Å². The van der Waals surface area contributed by atoms with E-state index in [1.54, 1.807) is 12.1 Å². The summed E-state index contributed by atoms with van der Waals surface area (Å²) in [4.78, 5) is 26.3. The molecule has 3 N–H and O–H groups in total. The van der Waals surface area contributed by atoms with E-state index in [2.05, 4.69) is 5.32 Å². The molecule has 2 rings (SSSR count). The molecule has 1 aromatic carbocycles. The molecule has 9 nitrogen and oxygen atoms in total. The highest BCUT2D eigenvalue weighted by Crippen LogP contribution is 2.27. The summed E-state index contributed by atoms with van der Waals surface area (Å²) in [5.41, 5.74) is 0.742. The molecule has 1 fully saturated rings. The second-order valence-corrected chi connectivity index (χ2v) is 7.88. The Morgan fingerprint density at radius 3 is 2.50 bits per heavy atom. The van der Waals surface area contributed by atoms with Gasteiger partial charge >= 0.3 is 16.3 Å². The number of amides is 3. The summed E-state index contributed by atoms with van der Waals surface area (Å²) in [7, 11) is -1.58. The molecule has 156 valence electrons. The number of imide groups is 1. The van der Waals surface area contributed by atoms with Crippen molar-refractivity contribution in [2.75, 3.05) is 18.9 Å². The molecule has 0 heterocycles. The maximum atomic E-state index is 12.7. The van der Waals surface area contributed by atoms with Gasteiger partial charge in [0.05, 0.1) is 12.8 Å². The number of aryl methyl sites for hydroxylation is 1. The SMILES string of the molecule is CNC(=O)N(C(=O)CCc1ccc(OC)c(NS(=O)(=O)O)c1)C1CCCCC1. The summed E-state index contributed by atoms with van der Waals surface area (Å²) in [5.74, 6) is -0.0340. The van der Waals surface area contributed by atoms with Crippen LogP contribution < -0.4 is 14.8 Å². The zero-order chi connectivity index (χ0) is 20.7. The van der Waals surface area contributed by atoms with Crippen molar-refractivity contribution < 1.29 is 27.3 Å². The van der Waals surface area contributed by atoms with Gasteiger partial charge < -0.3 is 10.1 Å². The van der Waals surface area contributed by atoms with E-state index < -0.39 is 16.3 Å². The zero-order valence-electron chi connectivity index (χ0n) is 16.1. The van der Waals surface area contributed by atoms with Crippen molar-refractivity contribution in [3.63, 3.8) is 0 Å². The fourth-order valence-corrected chi connectivity index (χ4v) is 3.88. The first-order chi connectivity index (χ1) is 13.2. The maximum absolute atomic E-state index is 12.7. The van der Waals surface area contributed by atoms with Gasteiger partial charge in [0.2, 0.25) is 5.91 Å². The van der Waals surface area contributed by atoms with Crippen molar-refractivity contribution in [3.05, 3.63) is 23.8 Å². The van der Waals surface area contributed by atoms with E-state index in [-0.39, 0.29) is 29.8 Å². The smallest absolute Gasteiger partial charge is 0.357 e. The van der Waals surface area contributed by atoms with E-state index in [1.165, 1.54) is 25.1 Å². The van der Waals surface area contributed by atoms with Crippen molar-refractivity contribution in [3.8, 4) is 5.75 Å². The van der Waals surface area contributed by atoms with Gasteiger partial charge in [-0.1, -0.05) is 25.3 Å². The molecule has 1 aliphatic carbocycles. The van der Waals surface area contributed by atoms with Crippen LogP contribution >= 0.6 is 0 Å². The molecule has 1 saturated carbocycles. The normalized spacial score (nSPS) is 15.0. The first-order valence-corrected chi connectivity index (χ1v) is 10.6. The number of methoxy groups -OCH3 is 1. The van der Waals surface area contributed by atoms with Gasteiger partial charge in [-0.3, -0.25) is 19.0 Å². The van der Waals surface area contributed by atoms with E-state index in [4.69, 9.17) is 9.29 Å². The quantitative estimate of drug-likeness (QED) is 0.589. The molecule has 1 aromatic rings. The fraction of sp³-hybridized carbons (Fsp3) is 0.556. The van der Waals surface area contributed by atoms with Gasteiger partial charge in [0, 0.05) is 19.5 Å². The fourth-order valence-electron chi connectivity index (χ4n) is 3.44. The summed E-state index contributed by atoms with van der Waals surface area (Å²) < 4.78 is 38.3. The Hall–Kier alpha value is -2.33. The van der Waals surface area contributed by atoms with Crippen molar-refractivity contribution in [1.29, 1.82) is 0 Å². The highest BCUT2D eigenvalue weighted by molar-refractivity contribution is 7.87. The molecule has 0 bridgehead atoms. The van der Waals surface area contributed by atoms with Gasteiger partial charge in [-0.15, -0.1) is 0 Å². The lowest BCUT2D eigenvalue weighted by Crippen LogP contribution is -2.49. The second-order valence-electron chi connectivity index (χ2n) is 6.72. The predicted molar refractivity (Wildman–Crippen MR) is 105 cm³/mol. The lowest BCUT2D eigenvalue weighted by Gasteiger charge is -2.32. The third kappa shape index (κ3) is 6.10. The Bertz CT molecular complexity index is 806. The van der Waals surface area contributed by atoms with Crippen LogP contribution in [-0.2, 0) is 21.5 Å². The number of urea groups is 1. The van der Waals surface area contributed by atoms with Crippen molar-refractivity contribution in [1.82, 2.24) is 10.2 Å². The molecule has 0 saturated heterocycles. The lowest BCUT2D eigenvalue weighted by atomic mass is 9.94. The van der Waals surface area contributed by atoms with E-state index >= 15 is 0 Å². The first-order valence-electron chi connectivity index (χ1n) is 9.21. The molecule has 28 heavy (non-hydrogen) atoms. The highest BCUT2D eigenvalue weighted by atomic mass is 32.2. The Labute approximate surface area is 165 Å². The van der Waals surface area contributed by atoms with Crippen molar-refractivity contribution in [2.24, 2.45) is 0 Å². The second kappa shape index (κ2) is 9.74. The van der Waals surface area contributed by atoms with Crippen LogP contribution in [0, 0.1) is 0 Å². The number of hydrogen-bond acceptors (Lipinski definition) is 5. The zero-order valence-corrected chi connectivity index (χ0v) is 16.9. The third-order valence-electron chi connectivity index (χ3n) is 4.77. The van der Waals surface area contributed by atoms with Crippen LogP contribution in [-0.4, -0.2) is 50.0 Å². The summed E-state index contributed by atoms with van der Waals surface area (Å²) in [6, 6.07) is 4.25. The molecule has 0 aromatic heterocycles. The standard InChI is InChI=1S/C18H27N3O6S/c1-19-18(23)21(14-6-4-3-5-7-14)17(22)11-9-13-8-10-16(27-2)15(12-13)20-28(24,25)26/h8,10,12,14,20H,3-7,9,11H2,1-2H3,(H,19,23)(H,24,25,26). The van der Waals surface area contributed by atoms with Gasteiger partial charge in [0.1, 0.15) is 5.75 Å². The molecular formula is C18H27N3O6S. The van der Waals surface area contributed by atoms with Gasteiger partial charge in [-0.2, -0.15) is 8.42 Å². The van der Waals surface area contributed by atoms with Gasteiger partial charge in [-0.05, 0) is 37.0 Å². The minimum atomic E-state index is -4.46. The van der Waals surface area contributed by atoms with Crippen LogP contribution in [0.15, 0.2) is 18.2 Å². The first kappa shape index (κ1) is 22.0. The number of ether oxygens (including phenoxy) is 1. The lowest BCUT2D eigenvalue weighted by molar-refractivity contribution is -0.130. The van der Waals surface area contributed by atoms with Gasteiger partial charge in [0.25, 0.3) is 0 Å². The number of carbonyl (C=O) groups excluding carboxylic acids is 2. The number of nitrogens with zero attached hydrogens (tertiary/aromatic N) is 1. The van der Waals surface area contributed by atoms with Gasteiger partial charge in [0.15, 0.2) is 0 Å². The maximum Gasteiger partial charge on any atom is 0.357 e. The molecule has 0 atom stereocenters. The number of nitrogens with one attached hydrogen (secondary N) is 2. The largest absolute Gasteiger partial charge is 0.495 e. The Kier molecular flexibility index (Phi) is 7.64. The topological polar surface area (TPSA) is 125 Å². The molecule has 0 radical (unpaired) electrons. The van der Waals surface area contributed by atoms with E-state index in [0.29, 0.717) is 12.0 Å². The molecule has 0 spiro atoms. The number of rotatable bonds is 7. The highest BCUT2D eigenvalue weighted by Gasteiger charge is 2.29. The monoisotopic (exact) mass is 413 g/mol. The Balaban J connectivity index is 2.11. The summed E-state index contributed by atoms with van der Waals surface area (Å²) in [6.45, 7) is 0. The number of carbonyl (C=O) groups is 2. The number of hydrogen-bond donors (Lipinski definition) is 3.